The van der Waals surface area contributed by atoms with Crippen molar-refractivity contribution in [2.75, 3.05) is 30.7 Å². The molecule has 0 bridgehead atoms. The van der Waals surface area contributed by atoms with Gasteiger partial charge < -0.3 is 15.1 Å². The number of anilines is 1. The first-order valence-corrected chi connectivity index (χ1v) is 11.1. The van der Waals surface area contributed by atoms with E-state index in [4.69, 9.17) is 11.6 Å². The molecule has 1 aromatic rings. The fourth-order valence-electron chi connectivity index (χ4n) is 3.04. The van der Waals surface area contributed by atoms with Gasteiger partial charge in [-0.3, -0.25) is 9.59 Å². The quantitative estimate of drug-likeness (QED) is 0.763. The van der Waals surface area contributed by atoms with E-state index in [9.17, 15) is 18.0 Å². The molecule has 0 atom stereocenters. The summed E-state index contributed by atoms with van der Waals surface area (Å²) in [6.07, 6.45) is 4.84. The maximum Gasteiger partial charge on any atom is 0.259 e. The zero-order valence-corrected chi connectivity index (χ0v) is 17.6. The van der Waals surface area contributed by atoms with E-state index in [1.807, 2.05) is 13.8 Å². The zero-order chi connectivity index (χ0) is 21.2. The number of amidine groups is 1. The second kappa shape index (κ2) is 8.38. The van der Waals surface area contributed by atoms with Gasteiger partial charge >= 0.3 is 0 Å². The Balaban J connectivity index is 1.82. The van der Waals surface area contributed by atoms with Gasteiger partial charge in [0, 0.05) is 31.5 Å². The number of hydrogen-bond acceptors (Lipinski definition) is 5. The molecule has 0 radical (unpaired) electrons. The molecule has 29 heavy (non-hydrogen) atoms. The smallest absolute Gasteiger partial charge is 0.259 e. The van der Waals surface area contributed by atoms with Crippen LogP contribution in [0.5, 0.6) is 0 Å². The molecule has 154 valence electrons. The summed E-state index contributed by atoms with van der Waals surface area (Å²) in [5.74, 6) is -0.715. The SMILES string of the molecule is CCN(CC)C(=O)c1ccc(NC(=O)C2=CC=CN3CCS(=O)(=O)N=C23)cc1Cl. The largest absolute Gasteiger partial charge is 0.339 e. The second-order valence-corrected chi connectivity index (χ2v) is 8.60. The van der Waals surface area contributed by atoms with Crippen LogP contribution < -0.4 is 5.32 Å². The predicted octanol–water partition coefficient (Wildman–Crippen LogP) is 2.26. The molecule has 0 saturated carbocycles. The average Bonchev–Trinajstić information content (AvgIpc) is 2.67. The van der Waals surface area contributed by atoms with Gasteiger partial charge in [0.25, 0.3) is 21.8 Å². The topological polar surface area (TPSA) is 99.1 Å². The van der Waals surface area contributed by atoms with Crippen molar-refractivity contribution >= 4 is 45.0 Å². The van der Waals surface area contributed by atoms with E-state index >= 15 is 0 Å². The van der Waals surface area contributed by atoms with Gasteiger partial charge in [-0.2, -0.15) is 0 Å². The molecule has 0 aromatic heterocycles. The van der Waals surface area contributed by atoms with Crippen molar-refractivity contribution in [1.29, 1.82) is 0 Å². The van der Waals surface area contributed by atoms with Crippen LogP contribution >= 0.6 is 11.6 Å². The van der Waals surface area contributed by atoms with Crippen molar-refractivity contribution < 1.29 is 18.0 Å². The minimum absolute atomic E-state index is 0.0932. The molecule has 0 fully saturated rings. The number of carbonyl (C=O) groups is 2. The van der Waals surface area contributed by atoms with Gasteiger partial charge in [-0.25, -0.2) is 8.42 Å². The number of carbonyl (C=O) groups excluding carboxylic acids is 2. The molecule has 2 amide bonds. The summed E-state index contributed by atoms with van der Waals surface area (Å²) in [5, 5.41) is 2.90. The number of halogens is 1. The van der Waals surface area contributed by atoms with Crippen LogP contribution in [0, 0.1) is 0 Å². The lowest BCUT2D eigenvalue weighted by molar-refractivity contribution is -0.112. The Morgan fingerprint density at radius 2 is 2.00 bits per heavy atom. The Kier molecular flexibility index (Phi) is 6.09. The van der Waals surface area contributed by atoms with E-state index in [0.29, 0.717) is 24.3 Å². The molecule has 2 aliphatic heterocycles. The van der Waals surface area contributed by atoms with Gasteiger partial charge in [0.2, 0.25) is 0 Å². The number of amides is 2. The molecule has 2 heterocycles. The third-order valence-corrected chi connectivity index (χ3v) is 6.07. The summed E-state index contributed by atoms with van der Waals surface area (Å²) in [7, 11) is -3.60. The highest BCUT2D eigenvalue weighted by Crippen LogP contribution is 2.24. The lowest BCUT2D eigenvalue weighted by Gasteiger charge is -2.28. The van der Waals surface area contributed by atoms with Gasteiger partial charge in [0.15, 0.2) is 5.84 Å². The number of benzene rings is 1. The first kappa shape index (κ1) is 21.1. The van der Waals surface area contributed by atoms with Gasteiger partial charge in [-0.05, 0) is 44.2 Å². The van der Waals surface area contributed by atoms with Crippen LogP contribution in [-0.2, 0) is 14.8 Å². The number of fused-ring (bicyclic) bond motifs is 1. The van der Waals surface area contributed by atoms with E-state index in [1.54, 1.807) is 34.2 Å². The lowest BCUT2D eigenvalue weighted by atomic mass is 10.1. The minimum Gasteiger partial charge on any atom is -0.339 e. The number of nitrogens with one attached hydrogen (secondary N) is 1. The second-order valence-electron chi connectivity index (χ2n) is 6.44. The first-order chi connectivity index (χ1) is 13.8. The Morgan fingerprint density at radius 3 is 2.66 bits per heavy atom. The van der Waals surface area contributed by atoms with Crippen molar-refractivity contribution in [2.24, 2.45) is 4.40 Å². The maximum atomic E-state index is 12.7. The minimum atomic E-state index is -3.60. The molecule has 8 nitrogen and oxygen atoms in total. The maximum absolute atomic E-state index is 12.7. The van der Waals surface area contributed by atoms with Gasteiger partial charge in [-0.15, -0.1) is 4.40 Å². The molecule has 1 aromatic carbocycles. The summed E-state index contributed by atoms with van der Waals surface area (Å²) < 4.78 is 27.4. The van der Waals surface area contributed by atoms with Crippen LogP contribution in [0.1, 0.15) is 24.2 Å². The van der Waals surface area contributed by atoms with E-state index in [1.165, 1.54) is 12.1 Å². The Hall–Kier alpha value is -2.65. The summed E-state index contributed by atoms with van der Waals surface area (Å²) in [4.78, 5) is 28.5. The molecule has 10 heteroatoms. The van der Waals surface area contributed by atoms with Crippen LogP contribution in [0.2, 0.25) is 5.02 Å². The molecule has 0 spiro atoms. The van der Waals surface area contributed by atoms with Crippen molar-refractivity contribution in [3.63, 3.8) is 0 Å². The normalized spacial score (nSPS) is 17.1. The highest BCUT2D eigenvalue weighted by Gasteiger charge is 2.30. The van der Waals surface area contributed by atoms with E-state index < -0.39 is 15.9 Å². The molecule has 3 rings (SSSR count). The van der Waals surface area contributed by atoms with Crippen LogP contribution in [0.25, 0.3) is 0 Å². The molecular weight excluding hydrogens is 416 g/mol. The van der Waals surface area contributed by atoms with Crippen molar-refractivity contribution in [2.45, 2.75) is 13.8 Å². The number of nitrogens with zero attached hydrogens (tertiary/aromatic N) is 3. The van der Waals surface area contributed by atoms with Crippen molar-refractivity contribution in [3.05, 3.63) is 52.7 Å². The fraction of sp³-hybridized carbons (Fsp3) is 0.316. The van der Waals surface area contributed by atoms with E-state index in [-0.39, 0.29) is 34.6 Å². The molecule has 0 saturated heterocycles. The molecule has 0 aliphatic carbocycles. The predicted molar refractivity (Wildman–Crippen MR) is 112 cm³/mol. The number of allylic oxidation sites excluding steroid dienone is 2. The van der Waals surface area contributed by atoms with Crippen molar-refractivity contribution in [1.82, 2.24) is 9.80 Å². The summed E-state index contributed by atoms with van der Waals surface area (Å²) in [6.45, 7) is 5.12. The first-order valence-electron chi connectivity index (χ1n) is 9.14. The molecule has 1 N–H and O–H groups in total. The monoisotopic (exact) mass is 436 g/mol. The van der Waals surface area contributed by atoms with Crippen molar-refractivity contribution in [3.8, 4) is 0 Å². The number of hydrogen-bond donors (Lipinski definition) is 1. The summed E-state index contributed by atoms with van der Waals surface area (Å²) in [6, 6.07) is 4.63. The summed E-state index contributed by atoms with van der Waals surface area (Å²) in [5.41, 5.74) is 0.870. The highest BCUT2D eigenvalue weighted by atomic mass is 35.5. The molecule has 0 unspecified atom stereocenters. The Bertz CT molecular complexity index is 1040. The van der Waals surface area contributed by atoms with Crippen LogP contribution in [-0.4, -0.2) is 61.3 Å². The number of sulfonamides is 1. The Morgan fingerprint density at radius 1 is 1.28 bits per heavy atom. The lowest BCUT2D eigenvalue weighted by Crippen LogP contribution is -2.40. The van der Waals surface area contributed by atoms with E-state index in [0.717, 1.165) is 0 Å². The average molecular weight is 437 g/mol. The standard InChI is InChI=1S/C19H21ClN4O4S/c1-3-23(4-2)19(26)14-8-7-13(12-16(14)20)21-18(25)15-6-5-9-24-10-11-29(27,28)22-17(15)24/h5-9,12H,3-4,10-11H2,1-2H3,(H,21,25). The Labute approximate surface area is 174 Å². The fourth-order valence-corrected chi connectivity index (χ4v) is 4.29. The summed E-state index contributed by atoms with van der Waals surface area (Å²) >= 11 is 6.26. The van der Waals surface area contributed by atoms with Crippen LogP contribution in [0.15, 0.2) is 46.5 Å². The third-order valence-electron chi connectivity index (χ3n) is 4.61. The van der Waals surface area contributed by atoms with E-state index in [2.05, 4.69) is 9.71 Å². The third kappa shape index (κ3) is 4.51. The highest BCUT2D eigenvalue weighted by molar-refractivity contribution is 7.90. The van der Waals surface area contributed by atoms with Gasteiger partial charge in [-0.1, -0.05) is 11.6 Å². The molecular formula is C19H21ClN4O4S. The number of rotatable bonds is 5. The molecule has 2 aliphatic rings. The van der Waals surface area contributed by atoms with Gasteiger partial charge in [0.1, 0.15) is 0 Å². The zero-order valence-electron chi connectivity index (χ0n) is 16.1. The van der Waals surface area contributed by atoms with Gasteiger partial charge in [0.05, 0.1) is 21.9 Å². The van der Waals surface area contributed by atoms with Crippen LogP contribution in [0.3, 0.4) is 0 Å². The van der Waals surface area contributed by atoms with Crippen LogP contribution in [0.4, 0.5) is 5.69 Å².